The van der Waals surface area contributed by atoms with Crippen molar-refractivity contribution >= 4 is 86.7 Å². The summed E-state index contributed by atoms with van der Waals surface area (Å²) in [6.45, 7) is 4.77. The van der Waals surface area contributed by atoms with Gasteiger partial charge in [0.25, 0.3) is 0 Å². The largest absolute Gasteiger partial charge is 0.486 e. The summed E-state index contributed by atoms with van der Waals surface area (Å²) < 4.78 is 54.8. The van der Waals surface area contributed by atoms with Crippen molar-refractivity contribution in [2.75, 3.05) is 52.9 Å². The maximum Gasteiger partial charge on any atom is 0.170 e. The predicted molar refractivity (Wildman–Crippen MR) is 333 cm³/mol. The van der Waals surface area contributed by atoms with Crippen LogP contribution < -0.4 is 18.9 Å². The van der Waals surface area contributed by atoms with Gasteiger partial charge in [-0.15, -0.1) is 0 Å². The van der Waals surface area contributed by atoms with Crippen LogP contribution in [0.2, 0.25) is 0 Å². The summed E-state index contributed by atoms with van der Waals surface area (Å²) in [6.07, 6.45) is 5.14. The summed E-state index contributed by atoms with van der Waals surface area (Å²) in [6, 6.07) is 52.8. The van der Waals surface area contributed by atoms with Crippen LogP contribution in [0.15, 0.2) is 146 Å². The molecule has 0 unspecified atom stereocenters. The second-order valence-corrected chi connectivity index (χ2v) is 23.4. The Morgan fingerprint density at radius 3 is 0.702 bits per heavy atom. The van der Waals surface area contributed by atoms with Crippen LogP contribution in [0.3, 0.4) is 0 Å². The number of H-pyrrole nitrogens is 2. The van der Waals surface area contributed by atoms with Gasteiger partial charge in [0, 0.05) is 95.2 Å². The molecule has 12 nitrogen and oxygen atoms in total. The Morgan fingerprint density at radius 2 is 0.488 bits per heavy atom. The van der Waals surface area contributed by atoms with E-state index in [1.807, 2.05) is 0 Å². The van der Waals surface area contributed by atoms with Crippen molar-refractivity contribution in [2.24, 2.45) is 0 Å². The fourth-order valence-corrected chi connectivity index (χ4v) is 13.7. The van der Waals surface area contributed by atoms with Crippen molar-refractivity contribution in [1.82, 2.24) is 19.9 Å². The van der Waals surface area contributed by atoms with Crippen LogP contribution in [0.1, 0.15) is 51.4 Å². The van der Waals surface area contributed by atoms with E-state index < -0.39 is 0 Å². The van der Waals surface area contributed by atoms with Crippen LogP contribution in [0.25, 0.3) is 132 Å². The number of aromatic nitrogens is 4. The minimum absolute atomic E-state index is 0.162. The number of aromatic amines is 2. The fraction of sp³-hybridized carbons (Fsp3) is 0.278. The van der Waals surface area contributed by atoms with Crippen molar-refractivity contribution in [3.63, 3.8) is 0 Å². The van der Waals surface area contributed by atoms with Crippen LogP contribution in [-0.4, -0.2) is 97.2 Å². The van der Waals surface area contributed by atoms with Gasteiger partial charge in [-0.2, -0.15) is 0 Å². The smallest absolute Gasteiger partial charge is 0.170 e. The Labute approximate surface area is 484 Å². The quantitative estimate of drug-likeness (QED) is 0.152. The third-order valence-corrected chi connectivity index (χ3v) is 18.2. The number of ether oxygens (including phenoxy) is 8. The van der Waals surface area contributed by atoms with E-state index >= 15 is 0 Å². The maximum atomic E-state index is 7.68. The van der Waals surface area contributed by atoms with Crippen molar-refractivity contribution in [1.29, 1.82) is 0 Å². The third-order valence-electron chi connectivity index (χ3n) is 18.2. The molecule has 8 heterocycles. The topological polar surface area (TPSA) is 131 Å². The highest BCUT2D eigenvalue weighted by atomic mass is 16.5. The summed E-state index contributed by atoms with van der Waals surface area (Å²) in [5, 5.41) is 12.7. The van der Waals surface area contributed by atoms with Crippen LogP contribution in [-0.2, 0) is 18.9 Å². The van der Waals surface area contributed by atoms with Gasteiger partial charge in [0.1, 0.15) is 47.2 Å². The number of nitrogens with one attached hydrogen (secondary N) is 2. The van der Waals surface area contributed by atoms with Crippen molar-refractivity contribution in [3.05, 3.63) is 146 Å². The molecule has 7 aliphatic rings. The lowest BCUT2D eigenvalue weighted by Gasteiger charge is -2.24. The van der Waals surface area contributed by atoms with Gasteiger partial charge in [-0.1, -0.05) is 97.1 Å². The lowest BCUT2D eigenvalue weighted by atomic mass is 9.97. The molecule has 0 saturated carbocycles. The Bertz CT molecular complexity index is 4060. The Hall–Kier alpha value is -8.52. The van der Waals surface area contributed by atoms with E-state index in [9.17, 15) is 0 Å². The highest BCUT2D eigenvalue weighted by Gasteiger charge is 2.35. The number of hydrogen-bond donors (Lipinski definition) is 2. The van der Waals surface area contributed by atoms with E-state index in [1.165, 1.54) is 0 Å². The summed E-state index contributed by atoms with van der Waals surface area (Å²) in [4.78, 5) is 20.3. The van der Waals surface area contributed by atoms with Gasteiger partial charge in [0.05, 0.1) is 74.9 Å². The predicted octanol–water partition coefficient (Wildman–Crippen LogP) is 16.1. The van der Waals surface area contributed by atoms with Gasteiger partial charge in [0.2, 0.25) is 0 Å². The molecule has 6 aliphatic heterocycles. The third kappa shape index (κ3) is 8.63. The van der Waals surface area contributed by atoms with Gasteiger partial charge in [-0.3, -0.25) is 0 Å². The average Bonchev–Trinajstić information content (AvgIpc) is 3.01. The molecule has 1 aliphatic carbocycles. The first-order valence-corrected chi connectivity index (χ1v) is 30.2. The first-order valence-electron chi connectivity index (χ1n) is 30.2. The minimum atomic E-state index is -0.162. The molecule has 8 aromatic carbocycles. The number of hydrogen-bond acceptors (Lipinski definition) is 10. The first kappa shape index (κ1) is 50.0. The molecule has 10 aromatic rings. The first-order chi connectivity index (χ1) is 41.6. The average molecular weight is 1110 g/mol. The molecule has 0 atom stereocenters. The van der Waals surface area contributed by atoms with E-state index in [0.717, 1.165) is 183 Å². The van der Waals surface area contributed by atoms with E-state index in [2.05, 4.69) is 156 Å². The zero-order chi connectivity index (χ0) is 55.2. The zero-order valence-electron chi connectivity index (χ0n) is 46.6. The molecule has 2 N–H and O–H groups in total. The highest BCUT2D eigenvalue weighted by Crippen LogP contribution is 2.54. The van der Waals surface area contributed by atoms with E-state index in [-0.39, 0.29) is 24.4 Å². The molecule has 0 spiro atoms. The van der Waals surface area contributed by atoms with Crippen LogP contribution in [0.4, 0.5) is 0 Å². The zero-order valence-corrected chi connectivity index (χ0v) is 46.6. The normalized spacial score (nSPS) is 17.3. The summed E-state index contributed by atoms with van der Waals surface area (Å²) in [5.41, 5.74) is 9.89. The van der Waals surface area contributed by atoms with Gasteiger partial charge in [-0.05, 0) is 91.6 Å². The molecule has 4 fully saturated rings. The molecule has 418 valence electrons. The fourth-order valence-electron chi connectivity index (χ4n) is 13.7. The van der Waals surface area contributed by atoms with Crippen LogP contribution in [0.5, 0.6) is 23.0 Å². The second-order valence-electron chi connectivity index (χ2n) is 23.4. The molecule has 12 heteroatoms. The van der Waals surface area contributed by atoms with Crippen molar-refractivity contribution in [3.8, 4) is 68.0 Å². The number of benzene rings is 8. The molecule has 8 bridgehead atoms. The second kappa shape index (κ2) is 20.7. The lowest BCUT2D eigenvalue weighted by molar-refractivity contribution is 0.0260. The highest BCUT2D eigenvalue weighted by molar-refractivity contribution is 6.20. The number of nitrogens with zero attached hydrogens (tertiary/aromatic N) is 2. The molecular formula is C72H62N4O8. The maximum absolute atomic E-state index is 7.68. The SMILES string of the molecule is c1ccc2cc3c(cc2c1)-c1nc-3c(OC2CCOCC2)c2[nH]c(c(OC3CCOCC3)c3nc(c(OC4CCOCC4)c4[nH]c(c1OC1CCOCC1)c1cc5ccccc5cc41)-c1cc4ccccc4cc1-3)c1cc3ccccc3cc21. The molecule has 0 amide bonds. The molecule has 4 saturated heterocycles. The summed E-state index contributed by atoms with van der Waals surface area (Å²) >= 11 is 0. The van der Waals surface area contributed by atoms with Crippen molar-refractivity contribution in [2.45, 2.75) is 75.8 Å². The van der Waals surface area contributed by atoms with Gasteiger partial charge >= 0.3 is 0 Å². The monoisotopic (exact) mass is 1110 g/mol. The summed E-state index contributed by atoms with van der Waals surface area (Å²) in [5.74, 6) is 2.61. The Morgan fingerprint density at radius 1 is 0.286 bits per heavy atom. The molecule has 17 rings (SSSR count). The van der Waals surface area contributed by atoms with Crippen molar-refractivity contribution < 1.29 is 37.9 Å². The van der Waals surface area contributed by atoms with Crippen LogP contribution in [0, 0.1) is 0 Å². The van der Waals surface area contributed by atoms with Gasteiger partial charge < -0.3 is 47.9 Å². The Balaban J connectivity index is 1.13. The Kier molecular flexibility index (Phi) is 12.3. The lowest BCUT2D eigenvalue weighted by Crippen LogP contribution is -2.26. The molecule has 2 aromatic heterocycles. The number of fused-ring (bicyclic) bond motifs is 4. The molecule has 0 radical (unpaired) electrons. The van der Waals surface area contributed by atoms with E-state index in [1.54, 1.807) is 0 Å². The van der Waals surface area contributed by atoms with E-state index in [0.29, 0.717) is 75.9 Å². The van der Waals surface area contributed by atoms with E-state index in [4.69, 9.17) is 47.9 Å². The van der Waals surface area contributed by atoms with Crippen LogP contribution >= 0.6 is 0 Å². The molecular weight excluding hydrogens is 1050 g/mol. The minimum Gasteiger partial charge on any atom is -0.486 e. The van der Waals surface area contributed by atoms with Gasteiger partial charge in [0.15, 0.2) is 23.0 Å². The standard InChI is InChI=1S/C72H62N4O8/c1-2-10-42-34-54-53(33-41(42)9-1)61-69(81-49-17-25-77-26-18-49)63-55-35-43-11-3-4-12-44(43)36-56(55)65(74-63)71(83-51-21-29-79-30-22-51)67-59-39-47-15-7-8-16-48(47)40-60(59)68(76-67)72(84-52-23-31-80-32-24-52)66-58-38-46-14-6-5-13-45(46)37-57(58)64(75-66)70(62(54)73-61)82-50-19-27-78-28-20-50/h1-16,33-40,49-52,73,76H,17-32H2. The summed E-state index contributed by atoms with van der Waals surface area (Å²) in [7, 11) is 0. The molecule has 84 heavy (non-hydrogen) atoms. The van der Waals surface area contributed by atoms with Gasteiger partial charge in [-0.25, -0.2) is 9.97 Å². The number of rotatable bonds is 8.